The molecule has 0 saturated carbocycles. The number of rotatable bonds is 8. The molecule has 0 aliphatic rings. The second kappa shape index (κ2) is 8.59. The minimum Gasteiger partial charge on any atom is -0.396 e. The Morgan fingerprint density at radius 3 is 2.57 bits per heavy atom. The van der Waals surface area contributed by atoms with Crippen LogP contribution in [-0.4, -0.2) is 28.2 Å². The molecule has 0 radical (unpaired) electrons. The van der Waals surface area contributed by atoms with Crippen molar-refractivity contribution >= 4 is 28.0 Å². The summed E-state index contributed by atoms with van der Waals surface area (Å²) in [4.78, 5) is 7.57. The first-order chi connectivity index (χ1) is 13.8. The number of aliphatic hydroxyl groups is 1. The van der Waals surface area contributed by atoms with Gasteiger partial charge in [0.05, 0.1) is 0 Å². The van der Waals surface area contributed by atoms with Crippen LogP contribution >= 0.6 is 0 Å². The Morgan fingerprint density at radius 2 is 1.71 bits per heavy atom. The first-order valence-electron chi connectivity index (χ1n) is 9.53. The molecular formula is C23H24N4O. The molecule has 0 atom stereocenters. The number of aromatic nitrogens is 2. The van der Waals surface area contributed by atoms with Crippen LogP contribution in [-0.2, 0) is 12.8 Å². The van der Waals surface area contributed by atoms with Gasteiger partial charge in [-0.15, -0.1) is 0 Å². The molecule has 28 heavy (non-hydrogen) atoms. The number of hydrogen-bond acceptors (Lipinski definition) is 4. The number of aliphatic hydroxyl groups excluding tert-OH is 1. The quantitative estimate of drug-likeness (QED) is 0.368. The van der Waals surface area contributed by atoms with Crippen molar-refractivity contribution in [3.8, 4) is 0 Å². The third kappa shape index (κ3) is 4.32. The minimum atomic E-state index is 0.107. The van der Waals surface area contributed by atoms with E-state index in [-0.39, 0.29) is 6.61 Å². The number of aromatic amines is 1. The fourth-order valence-electron chi connectivity index (χ4n) is 3.33. The molecule has 2 aromatic carbocycles. The van der Waals surface area contributed by atoms with Gasteiger partial charge in [-0.1, -0.05) is 18.2 Å². The summed E-state index contributed by atoms with van der Waals surface area (Å²) in [5.41, 5.74) is 6.48. The van der Waals surface area contributed by atoms with E-state index in [9.17, 15) is 0 Å². The molecule has 5 nitrogen and oxygen atoms in total. The Bertz CT molecular complexity index is 1040. The van der Waals surface area contributed by atoms with Crippen molar-refractivity contribution in [2.45, 2.75) is 12.8 Å². The zero-order chi connectivity index (χ0) is 19.2. The molecule has 5 heteroatoms. The number of anilines is 3. The molecule has 2 aromatic heterocycles. The average molecular weight is 372 g/mol. The summed E-state index contributed by atoms with van der Waals surface area (Å²) in [5, 5.41) is 17.2. The average Bonchev–Trinajstić information content (AvgIpc) is 3.13. The van der Waals surface area contributed by atoms with Gasteiger partial charge in [0.1, 0.15) is 0 Å². The van der Waals surface area contributed by atoms with Gasteiger partial charge in [0, 0.05) is 65.6 Å². The molecule has 0 spiro atoms. The van der Waals surface area contributed by atoms with Gasteiger partial charge in [0.25, 0.3) is 0 Å². The van der Waals surface area contributed by atoms with E-state index in [4.69, 9.17) is 5.11 Å². The number of para-hydroxylation sites is 1. The van der Waals surface area contributed by atoms with Crippen LogP contribution in [0.1, 0.15) is 11.3 Å². The maximum atomic E-state index is 9.05. The Morgan fingerprint density at radius 1 is 0.893 bits per heavy atom. The number of fused-ring (bicyclic) bond motifs is 1. The predicted molar refractivity (Wildman–Crippen MR) is 115 cm³/mol. The molecule has 4 aromatic rings. The van der Waals surface area contributed by atoms with Crippen molar-refractivity contribution < 1.29 is 5.11 Å². The highest BCUT2D eigenvalue weighted by Crippen LogP contribution is 2.21. The lowest BCUT2D eigenvalue weighted by molar-refractivity contribution is 0.298. The third-order valence-corrected chi connectivity index (χ3v) is 4.76. The Balaban J connectivity index is 1.32. The number of hydrogen-bond donors (Lipinski definition) is 4. The molecule has 0 aliphatic carbocycles. The van der Waals surface area contributed by atoms with Crippen LogP contribution in [0.5, 0.6) is 0 Å². The van der Waals surface area contributed by atoms with Gasteiger partial charge in [0.15, 0.2) is 0 Å². The van der Waals surface area contributed by atoms with Crippen LogP contribution < -0.4 is 10.6 Å². The molecule has 0 saturated heterocycles. The van der Waals surface area contributed by atoms with Gasteiger partial charge in [-0.25, -0.2) is 0 Å². The maximum absolute atomic E-state index is 9.05. The van der Waals surface area contributed by atoms with Crippen molar-refractivity contribution in [3.05, 3.63) is 84.3 Å². The normalized spacial score (nSPS) is 10.9. The second-order valence-electron chi connectivity index (χ2n) is 6.75. The standard InChI is InChI=1S/C23H24N4O/c28-14-11-20-15-21(10-13-25-20)27-19-7-5-18(6-8-19)24-12-9-17-16-26-23-4-2-1-3-22(17)23/h1-8,10,13,15-16,24,26,28H,9,11-12,14H2,(H,25,27). The van der Waals surface area contributed by atoms with Gasteiger partial charge >= 0.3 is 0 Å². The molecule has 0 bridgehead atoms. The van der Waals surface area contributed by atoms with Gasteiger partial charge in [-0.05, 0) is 54.4 Å². The van der Waals surface area contributed by atoms with Crippen molar-refractivity contribution in [2.75, 3.05) is 23.8 Å². The van der Waals surface area contributed by atoms with Crippen molar-refractivity contribution in [1.29, 1.82) is 0 Å². The lowest BCUT2D eigenvalue weighted by Crippen LogP contribution is -2.04. The second-order valence-corrected chi connectivity index (χ2v) is 6.75. The first-order valence-corrected chi connectivity index (χ1v) is 9.53. The van der Waals surface area contributed by atoms with Crippen molar-refractivity contribution in [1.82, 2.24) is 9.97 Å². The lowest BCUT2D eigenvalue weighted by atomic mass is 10.1. The van der Waals surface area contributed by atoms with Gasteiger partial charge in [-0.3, -0.25) is 4.98 Å². The fraction of sp³-hybridized carbons (Fsp3) is 0.174. The molecule has 0 unspecified atom stereocenters. The van der Waals surface area contributed by atoms with Gasteiger partial charge < -0.3 is 20.7 Å². The monoisotopic (exact) mass is 372 g/mol. The van der Waals surface area contributed by atoms with E-state index in [1.165, 1.54) is 16.5 Å². The number of pyridine rings is 1. The number of H-pyrrole nitrogens is 1. The first kappa shape index (κ1) is 18.1. The van der Waals surface area contributed by atoms with Crippen molar-refractivity contribution in [2.24, 2.45) is 0 Å². The van der Waals surface area contributed by atoms with Crippen LogP contribution in [0.15, 0.2) is 73.1 Å². The van der Waals surface area contributed by atoms with E-state index >= 15 is 0 Å². The summed E-state index contributed by atoms with van der Waals surface area (Å²) in [6.45, 7) is 0.985. The van der Waals surface area contributed by atoms with Crippen LogP contribution in [0.2, 0.25) is 0 Å². The summed E-state index contributed by atoms with van der Waals surface area (Å²) in [6.07, 6.45) is 5.39. The highest BCUT2D eigenvalue weighted by Gasteiger charge is 2.03. The van der Waals surface area contributed by atoms with Gasteiger partial charge in [0.2, 0.25) is 0 Å². The summed E-state index contributed by atoms with van der Waals surface area (Å²) in [7, 11) is 0. The zero-order valence-corrected chi connectivity index (χ0v) is 15.7. The number of nitrogens with zero attached hydrogens (tertiary/aromatic N) is 1. The SMILES string of the molecule is OCCc1cc(Nc2ccc(NCCc3c[nH]c4ccccc34)cc2)ccn1. The van der Waals surface area contributed by atoms with E-state index in [2.05, 4.69) is 75.3 Å². The molecule has 4 N–H and O–H groups in total. The third-order valence-electron chi connectivity index (χ3n) is 4.76. The summed E-state index contributed by atoms with van der Waals surface area (Å²) < 4.78 is 0. The van der Waals surface area contributed by atoms with Crippen molar-refractivity contribution in [3.63, 3.8) is 0 Å². The summed E-state index contributed by atoms with van der Waals surface area (Å²) in [6, 6.07) is 20.5. The largest absolute Gasteiger partial charge is 0.396 e. The van der Waals surface area contributed by atoms with Gasteiger partial charge in [-0.2, -0.15) is 0 Å². The van der Waals surface area contributed by atoms with Crippen LogP contribution in [0, 0.1) is 0 Å². The van der Waals surface area contributed by atoms with Crippen LogP contribution in [0.4, 0.5) is 17.1 Å². The Labute approximate surface area is 164 Å². The predicted octanol–water partition coefficient (Wildman–Crippen LogP) is 4.50. The molecule has 4 rings (SSSR count). The molecule has 0 fully saturated rings. The topological polar surface area (TPSA) is 73.0 Å². The van der Waals surface area contributed by atoms with E-state index < -0.39 is 0 Å². The molecule has 0 amide bonds. The lowest BCUT2D eigenvalue weighted by Gasteiger charge is -2.10. The highest BCUT2D eigenvalue weighted by molar-refractivity contribution is 5.83. The summed E-state index contributed by atoms with van der Waals surface area (Å²) in [5.74, 6) is 0. The molecule has 2 heterocycles. The highest BCUT2D eigenvalue weighted by atomic mass is 16.3. The zero-order valence-electron chi connectivity index (χ0n) is 15.7. The maximum Gasteiger partial charge on any atom is 0.0486 e. The fourth-order valence-corrected chi connectivity index (χ4v) is 3.33. The van der Waals surface area contributed by atoms with E-state index in [1.54, 1.807) is 6.20 Å². The smallest absolute Gasteiger partial charge is 0.0486 e. The van der Waals surface area contributed by atoms with E-state index in [0.29, 0.717) is 6.42 Å². The summed E-state index contributed by atoms with van der Waals surface area (Å²) >= 11 is 0. The number of nitrogens with one attached hydrogen (secondary N) is 3. The Hall–Kier alpha value is -3.31. The van der Waals surface area contributed by atoms with E-state index in [0.717, 1.165) is 35.7 Å². The van der Waals surface area contributed by atoms with Crippen LogP contribution in [0.25, 0.3) is 10.9 Å². The molecule has 142 valence electrons. The van der Waals surface area contributed by atoms with Crippen LogP contribution in [0.3, 0.4) is 0 Å². The number of benzene rings is 2. The molecule has 0 aliphatic heterocycles. The molecular weight excluding hydrogens is 348 g/mol. The minimum absolute atomic E-state index is 0.107. The van der Waals surface area contributed by atoms with E-state index in [1.807, 2.05) is 12.1 Å². The Kier molecular flexibility index (Phi) is 5.54.